The van der Waals surface area contributed by atoms with Crippen LogP contribution in [0.4, 0.5) is 0 Å². The standard InChI is InChI=1S/C19H28N4O4.HI/c1-7-20-19(22-11-18-23-12(2)13(3)27-18)21-10-14-8-16(25-5)17(26-6)9-15(14)24-4;/h8-9H,7,10-11H2,1-6H3,(H2,20,21,22);1H. The molecular formula is C19H29IN4O4. The molecule has 0 fully saturated rings. The molecule has 1 aromatic heterocycles. The number of hydrogen-bond donors (Lipinski definition) is 2. The summed E-state index contributed by atoms with van der Waals surface area (Å²) in [6.45, 7) is 7.41. The Hall–Kier alpha value is -2.17. The molecule has 0 radical (unpaired) electrons. The molecule has 156 valence electrons. The second kappa shape index (κ2) is 11.6. The summed E-state index contributed by atoms with van der Waals surface area (Å²) >= 11 is 0. The lowest BCUT2D eigenvalue weighted by molar-refractivity contribution is 0.347. The largest absolute Gasteiger partial charge is 0.496 e. The molecule has 28 heavy (non-hydrogen) atoms. The van der Waals surface area contributed by atoms with E-state index in [1.165, 1.54) is 0 Å². The number of aromatic nitrogens is 1. The van der Waals surface area contributed by atoms with E-state index in [0.717, 1.165) is 23.6 Å². The summed E-state index contributed by atoms with van der Waals surface area (Å²) in [5, 5.41) is 6.43. The van der Waals surface area contributed by atoms with Gasteiger partial charge in [0.05, 0.1) is 40.1 Å². The van der Waals surface area contributed by atoms with Crippen LogP contribution < -0.4 is 24.8 Å². The molecule has 0 bridgehead atoms. The maximum atomic E-state index is 5.59. The summed E-state index contributed by atoms with van der Waals surface area (Å²) in [6, 6.07) is 3.66. The molecule has 0 amide bonds. The molecule has 1 heterocycles. The van der Waals surface area contributed by atoms with Crippen molar-refractivity contribution < 1.29 is 18.6 Å². The van der Waals surface area contributed by atoms with Crippen molar-refractivity contribution in [3.8, 4) is 17.2 Å². The van der Waals surface area contributed by atoms with Crippen molar-refractivity contribution in [1.29, 1.82) is 0 Å². The van der Waals surface area contributed by atoms with Gasteiger partial charge in [0.25, 0.3) is 0 Å². The number of benzene rings is 1. The van der Waals surface area contributed by atoms with Gasteiger partial charge >= 0.3 is 0 Å². The maximum absolute atomic E-state index is 5.59. The Kier molecular flexibility index (Phi) is 9.91. The summed E-state index contributed by atoms with van der Waals surface area (Å²) in [6.07, 6.45) is 0. The number of methoxy groups -OCH3 is 3. The third kappa shape index (κ3) is 6.18. The normalized spacial score (nSPS) is 10.9. The first kappa shape index (κ1) is 23.9. The fraction of sp³-hybridized carbons (Fsp3) is 0.474. The van der Waals surface area contributed by atoms with Crippen molar-refractivity contribution in [2.24, 2.45) is 4.99 Å². The molecule has 0 aliphatic heterocycles. The summed E-state index contributed by atoms with van der Waals surface area (Å²) in [7, 11) is 4.81. The Balaban J connectivity index is 0.00000392. The Morgan fingerprint density at radius 1 is 1.04 bits per heavy atom. The highest BCUT2D eigenvalue weighted by atomic mass is 127. The minimum Gasteiger partial charge on any atom is -0.496 e. The van der Waals surface area contributed by atoms with E-state index in [2.05, 4.69) is 20.6 Å². The zero-order chi connectivity index (χ0) is 19.8. The Bertz CT molecular complexity index is 773. The van der Waals surface area contributed by atoms with E-state index < -0.39 is 0 Å². The van der Waals surface area contributed by atoms with Crippen molar-refractivity contribution >= 4 is 29.9 Å². The summed E-state index contributed by atoms with van der Waals surface area (Å²) in [4.78, 5) is 8.98. The van der Waals surface area contributed by atoms with Crippen LogP contribution in [-0.4, -0.2) is 38.8 Å². The van der Waals surface area contributed by atoms with Crippen LogP contribution in [0.3, 0.4) is 0 Å². The summed E-state index contributed by atoms with van der Waals surface area (Å²) in [5.74, 6) is 4.03. The highest BCUT2D eigenvalue weighted by Gasteiger charge is 2.12. The predicted molar refractivity (Wildman–Crippen MR) is 119 cm³/mol. The smallest absolute Gasteiger partial charge is 0.214 e. The van der Waals surface area contributed by atoms with Crippen LogP contribution in [0.1, 0.15) is 29.8 Å². The van der Waals surface area contributed by atoms with Crippen LogP contribution in [0.2, 0.25) is 0 Å². The predicted octanol–water partition coefficient (Wildman–Crippen LogP) is 3.19. The molecule has 0 atom stereocenters. The Morgan fingerprint density at radius 2 is 1.68 bits per heavy atom. The number of halogens is 1. The molecule has 0 saturated heterocycles. The second-order valence-corrected chi connectivity index (χ2v) is 5.82. The number of oxazole rings is 1. The summed E-state index contributed by atoms with van der Waals surface area (Å²) < 4.78 is 21.7. The van der Waals surface area contributed by atoms with Crippen molar-refractivity contribution in [1.82, 2.24) is 15.6 Å². The number of nitrogens with one attached hydrogen (secondary N) is 2. The van der Waals surface area contributed by atoms with Gasteiger partial charge in [-0.3, -0.25) is 0 Å². The van der Waals surface area contributed by atoms with Crippen molar-refractivity contribution in [2.45, 2.75) is 33.9 Å². The SMILES string of the molecule is CCNC(=NCc1cc(OC)c(OC)cc1OC)NCc1nc(C)c(C)o1.I. The lowest BCUT2D eigenvalue weighted by atomic mass is 10.1. The van der Waals surface area contributed by atoms with Gasteiger partial charge in [-0.25, -0.2) is 9.98 Å². The van der Waals surface area contributed by atoms with Crippen molar-refractivity contribution in [2.75, 3.05) is 27.9 Å². The van der Waals surface area contributed by atoms with Crippen LogP contribution >= 0.6 is 24.0 Å². The highest BCUT2D eigenvalue weighted by Crippen LogP contribution is 2.34. The van der Waals surface area contributed by atoms with Gasteiger partial charge in [0.15, 0.2) is 17.5 Å². The number of aryl methyl sites for hydroxylation is 2. The van der Waals surface area contributed by atoms with Gasteiger partial charge in [-0.2, -0.15) is 0 Å². The fourth-order valence-corrected chi connectivity index (χ4v) is 2.50. The Labute approximate surface area is 183 Å². The third-order valence-electron chi connectivity index (χ3n) is 4.02. The second-order valence-electron chi connectivity index (χ2n) is 5.82. The number of guanidine groups is 1. The van der Waals surface area contributed by atoms with E-state index in [9.17, 15) is 0 Å². The molecule has 8 nitrogen and oxygen atoms in total. The Morgan fingerprint density at radius 3 is 2.21 bits per heavy atom. The minimum atomic E-state index is 0. The van der Waals surface area contributed by atoms with Gasteiger partial charge < -0.3 is 29.3 Å². The molecule has 0 unspecified atom stereocenters. The molecule has 0 saturated carbocycles. The van der Waals surface area contributed by atoms with E-state index in [4.69, 9.17) is 18.6 Å². The summed E-state index contributed by atoms with van der Waals surface area (Å²) in [5.41, 5.74) is 1.78. The van der Waals surface area contributed by atoms with Crippen LogP contribution in [0.15, 0.2) is 21.5 Å². The number of hydrogen-bond acceptors (Lipinski definition) is 6. The zero-order valence-corrected chi connectivity index (χ0v) is 19.5. The number of rotatable bonds is 8. The average Bonchev–Trinajstić information content (AvgIpc) is 3.00. The number of aliphatic imine (C=N–C) groups is 1. The first-order chi connectivity index (χ1) is 13.0. The number of nitrogens with zero attached hydrogens (tertiary/aromatic N) is 2. The van der Waals surface area contributed by atoms with E-state index in [1.807, 2.05) is 26.8 Å². The minimum absolute atomic E-state index is 0. The van der Waals surface area contributed by atoms with Gasteiger partial charge in [0.1, 0.15) is 11.5 Å². The third-order valence-corrected chi connectivity index (χ3v) is 4.02. The average molecular weight is 504 g/mol. The molecule has 2 rings (SSSR count). The molecule has 1 aromatic carbocycles. The molecule has 0 aliphatic rings. The van der Waals surface area contributed by atoms with Crippen molar-refractivity contribution in [3.63, 3.8) is 0 Å². The molecule has 2 N–H and O–H groups in total. The lowest BCUT2D eigenvalue weighted by Gasteiger charge is -2.14. The lowest BCUT2D eigenvalue weighted by Crippen LogP contribution is -2.36. The maximum Gasteiger partial charge on any atom is 0.214 e. The van der Waals surface area contributed by atoms with Crippen LogP contribution in [-0.2, 0) is 13.1 Å². The van der Waals surface area contributed by atoms with Crippen molar-refractivity contribution in [3.05, 3.63) is 35.0 Å². The number of ether oxygens (including phenoxy) is 3. The van der Waals surface area contributed by atoms with E-state index >= 15 is 0 Å². The fourth-order valence-electron chi connectivity index (χ4n) is 2.50. The first-order valence-corrected chi connectivity index (χ1v) is 8.76. The van der Waals surface area contributed by atoms with E-state index in [0.29, 0.717) is 42.2 Å². The van der Waals surface area contributed by atoms with Gasteiger partial charge in [0.2, 0.25) is 5.89 Å². The molecule has 0 spiro atoms. The van der Waals surface area contributed by atoms with Crippen LogP contribution in [0.5, 0.6) is 17.2 Å². The van der Waals surface area contributed by atoms with Gasteiger partial charge in [-0.1, -0.05) is 0 Å². The van der Waals surface area contributed by atoms with Gasteiger partial charge in [-0.05, 0) is 26.8 Å². The molecule has 9 heteroatoms. The van der Waals surface area contributed by atoms with Crippen LogP contribution in [0.25, 0.3) is 0 Å². The monoisotopic (exact) mass is 504 g/mol. The molecule has 0 aliphatic carbocycles. The first-order valence-electron chi connectivity index (χ1n) is 8.76. The quantitative estimate of drug-likeness (QED) is 0.324. The topological polar surface area (TPSA) is 90.1 Å². The highest BCUT2D eigenvalue weighted by molar-refractivity contribution is 14.0. The van der Waals surface area contributed by atoms with Crippen LogP contribution in [0, 0.1) is 13.8 Å². The zero-order valence-electron chi connectivity index (χ0n) is 17.2. The molecule has 2 aromatic rings. The van der Waals surface area contributed by atoms with Gasteiger partial charge in [0, 0.05) is 18.2 Å². The van der Waals surface area contributed by atoms with E-state index in [-0.39, 0.29) is 24.0 Å². The van der Waals surface area contributed by atoms with E-state index in [1.54, 1.807) is 27.4 Å². The molecular weight excluding hydrogens is 475 g/mol. The van der Waals surface area contributed by atoms with Gasteiger partial charge in [-0.15, -0.1) is 24.0 Å².